The minimum atomic E-state index is -0.192. The van der Waals surface area contributed by atoms with Crippen LogP contribution in [0.25, 0.3) is 0 Å². The molecule has 4 rings (SSSR count). The minimum Gasteiger partial charge on any atom is -0.396 e. The molecule has 0 bridgehead atoms. The lowest BCUT2D eigenvalue weighted by Gasteiger charge is -2.29. The van der Waals surface area contributed by atoms with Crippen molar-refractivity contribution in [1.82, 2.24) is 15.3 Å². The molecule has 2 aromatic rings. The maximum absolute atomic E-state index is 12.7. The SMILES string of the molecule is CC(C)c1cc(C(=O)NCC2(CO)CC2)nc(N2CCc3ccccc3C2)n1. The number of carbonyl (C=O) groups excluding carboxylic acids is 1. The standard InChI is InChI=1S/C22H28N4O2/c1-15(2)18-11-19(20(28)23-13-22(14-27)8-9-22)25-21(24-18)26-10-7-16-5-3-4-6-17(16)12-26/h3-6,11,15,27H,7-10,12-14H2,1-2H3,(H,23,28). The maximum Gasteiger partial charge on any atom is 0.270 e. The van der Waals surface area contributed by atoms with Crippen LogP contribution in [0.2, 0.25) is 0 Å². The van der Waals surface area contributed by atoms with Gasteiger partial charge in [-0.3, -0.25) is 4.79 Å². The number of carbonyl (C=O) groups is 1. The molecule has 28 heavy (non-hydrogen) atoms. The van der Waals surface area contributed by atoms with Crippen molar-refractivity contribution < 1.29 is 9.90 Å². The third-order valence-corrected chi connectivity index (χ3v) is 5.89. The first-order valence-corrected chi connectivity index (χ1v) is 10.1. The largest absolute Gasteiger partial charge is 0.396 e. The second-order valence-corrected chi connectivity index (χ2v) is 8.41. The summed E-state index contributed by atoms with van der Waals surface area (Å²) in [5, 5.41) is 12.4. The highest BCUT2D eigenvalue weighted by Gasteiger charge is 2.42. The van der Waals surface area contributed by atoms with Crippen LogP contribution in [-0.4, -0.2) is 40.7 Å². The molecule has 6 nitrogen and oxygen atoms in total. The van der Waals surface area contributed by atoms with Gasteiger partial charge in [-0.25, -0.2) is 9.97 Å². The summed E-state index contributed by atoms with van der Waals surface area (Å²) in [5.41, 5.74) is 3.81. The number of aliphatic hydroxyl groups excluding tert-OH is 1. The number of nitrogens with zero attached hydrogens (tertiary/aromatic N) is 3. The molecule has 0 saturated heterocycles. The number of amides is 1. The summed E-state index contributed by atoms with van der Waals surface area (Å²) in [7, 11) is 0. The summed E-state index contributed by atoms with van der Waals surface area (Å²) < 4.78 is 0. The van der Waals surface area contributed by atoms with Crippen molar-refractivity contribution in [3.05, 3.63) is 52.8 Å². The minimum absolute atomic E-state index is 0.118. The van der Waals surface area contributed by atoms with E-state index in [2.05, 4.69) is 53.3 Å². The molecule has 0 spiro atoms. The lowest BCUT2D eigenvalue weighted by molar-refractivity contribution is 0.0930. The topological polar surface area (TPSA) is 78.3 Å². The van der Waals surface area contributed by atoms with Gasteiger partial charge in [0.25, 0.3) is 5.91 Å². The van der Waals surface area contributed by atoms with Gasteiger partial charge in [0, 0.05) is 30.7 Å². The number of hydrogen-bond acceptors (Lipinski definition) is 5. The molecular weight excluding hydrogens is 352 g/mol. The van der Waals surface area contributed by atoms with Gasteiger partial charge in [-0.15, -0.1) is 0 Å². The van der Waals surface area contributed by atoms with E-state index in [1.165, 1.54) is 11.1 Å². The molecule has 0 radical (unpaired) electrons. The Hall–Kier alpha value is -2.47. The fraction of sp³-hybridized carbons (Fsp3) is 0.500. The molecule has 0 atom stereocenters. The molecule has 148 valence electrons. The molecule has 1 aliphatic carbocycles. The van der Waals surface area contributed by atoms with Crippen molar-refractivity contribution in [2.75, 3.05) is 24.6 Å². The molecule has 1 fully saturated rings. The van der Waals surface area contributed by atoms with E-state index in [1.54, 1.807) is 6.07 Å². The number of benzene rings is 1. The van der Waals surface area contributed by atoms with Crippen LogP contribution >= 0.6 is 0 Å². The zero-order valence-electron chi connectivity index (χ0n) is 16.6. The van der Waals surface area contributed by atoms with Crippen molar-refractivity contribution in [3.8, 4) is 0 Å². The van der Waals surface area contributed by atoms with Gasteiger partial charge in [0.15, 0.2) is 0 Å². The van der Waals surface area contributed by atoms with Crippen molar-refractivity contribution in [1.29, 1.82) is 0 Å². The number of aliphatic hydroxyl groups is 1. The van der Waals surface area contributed by atoms with E-state index >= 15 is 0 Å². The average Bonchev–Trinajstić information content (AvgIpc) is 3.51. The van der Waals surface area contributed by atoms with Crippen molar-refractivity contribution >= 4 is 11.9 Å². The van der Waals surface area contributed by atoms with Crippen LogP contribution in [0.1, 0.15) is 59.9 Å². The Balaban J connectivity index is 1.57. The quantitative estimate of drug-likeness (QED) is 0.806. The summed E-state index contributed by atoms with van der Waals surface area (Å²) in [5.74, 6) is 0.634. The average molecular weight is 380 g/mol. The summed E-state index contributed by atoms with van der Waals surface area (Å²) in [6.45, 7) is 6.36. The van der Waals surface area contributed by atoms with Gasteiger partial charge in [-0.05, 0) is 42.4 Å². The van der Waals surface area contributed by atoms with Gasteiger partial charge in [-0.2, -0.15) is 0 Å². The van der Waals surface area contributed by atoms with Crippen molar-refractivity contribution in [2.45, 2.75) is 45.6 Å². The second-order valence-electron chi connectivity index (χ2n) is 8.41. The third kappa shape index (κ3) is 3.87. The van der Waals surface area contributed by atoms with Crippen LogP contribution in [0.4, 0.5) is 5.95 Å². The molecule has 1 aliphatic heterocycles. The van der Waals surface area contributed by atoms with Gasteiger partial charge in [-0.1, -0.05) is 38.1 Å². The summed E-state index contributed by atoms with van der Waals surface area (Å²) in [6.07, 6.45) is 2.87. The van der Waals surface area contributed by atoms with Gasteiger partial charge >= 0.3 is 0 Å². The van der Waals surface area contributed by atoms with Crippen LogP contribution < -0.4 is 10.2 Å². The Labute approximate surface area is 166 Å². The zero-order chi connectivity index (χ0) is 19.7. The molecule has 2 heterocycles. The Kier molecular flexibility index (Phi) is 5.06. The van der Waals surface area contributed by atoms with E-state index < -0.39 is 0 Å². The number of nitrogens with one attached hydrogen (secondary N) is 1. The molecule has 1 aromatic heterocycles. The fourth-order valence-corrected chi connectivity index (χ4v) is 3.60. The van der Waals surface area contributed by atoms with E-state index in [0.29, 0.717) is 18.2 Å². The first-order valence-electron chi connectivity index (χ1n) is 10.1. The van der Waals surface area contributed by atoms with E-state index in [4.69, 9.17) is 4.98 Å². The highest BCUT2D eigenvalue weighted by atomic mass is 16.3. The van der Waals surface area contributed by atoms with Crippen molar-refractivity contribution in [2.24, 2.45) is 5.41 Å². The van der Waals surface area contributed by atoms with Crippen LogP contribution in [-0.2, 0) is 13.0 Å². The van der Waals surface area contributed by atoms with Crippen LogP contribution in [0.5, 0.6) is 0 Å². The zero-order valence-corrected chi connectivity index (χ0v) is 16.6. The van der Waals surface area contributed by atoms with E-state index in [-0.39, 0.29) is 23.8 Å². The monoisotopic (exact) mass is 380 g/mol. The Bertz CT molecular complexity index is 877. The number of rotatable bonds is 6. The molecule has 1 saturated carbocycles. The third-order valence-electron chi connectivity index (χ3n) is 5.89. The smallest absolute Gasteiger partial charge is 0.270 e. The van der Waals surface area contributed by atoms with Gasteiger partial charge in [0.1, 0.15) is 5.69 Å². The number of aromatic nitrogens is 2. The predicted molar refractivity (Wildman–Crippen MR) is 108 cm³/mol. The highest BCUT2D eigenvalue weighted by molar-refractivity contribution is 5.92. The predicted octanol–water partition coefficient (Wildman–Crippen LogP) is 2.67. The Morgan fingerprint density at radius 3 is 2.68 bits per heavy atom. The van der Waals surface area contributed by atoms with Crippen LogP contribution in [0, 0.1) is 5.41 Å². The molecule has 0 unspecified atom stereocenters. The lowest BCUT2D eigenvalue weighted by atomic mass is 10.0. The van der Waals surface area contributed by atoms with Crippen LogP contribution in [0.15, 0.2) is 30.3 Å². The molecule has 1 amide bonds. The Morgan fingerprint density at radius 1 is 1.25 bits per heavy atom. The molecule has 6 heteroatoms. The summed E-state index contributed by atoms with van der Waals surface area (Å²) >= 11 is 0. The number of anilines is 1. The highest BCUT2D eigenvalue weighted by Crippen LogP contribution is 2.44. The molecular formula is C22H28N4O2. The normalized spacial score (nSPS) is 17.4. The molecule has 1 aromatic carbocycles. The van der Waals surface area contributed by atoms with Gasteiger partial charge < -0.3 is 15.3 Å². The van der Waals surface area contributed by atoms with Crippen LogP contribution in [0.3, 0.4) is 0 Å². The summed E-state index contributed by atoms with van der Waals surface area (Å²) in [6, 6.07) is 10.2. The van der Waals surface area contributed by atoms with E-state index in [9.17, 15) is 9.90 Å². The summed E-state index contributed by atoms with van der Waals surface area (Å²) in [4.78, 5) is 24.2. The number of fused-ring (bicyclic) bond motifs is 1. The number of hydrogen-bond donors (Lipinski definition) is 2. The Morgan fingerprint density at radius 2 is 2.00 bits per heavy atom. The first kappa shape index (κ1) is 18.9. The maximum atomic E-state index is 12.7. The van der Waals surface area contributed by atoms with Gasteiger partial charge in [0.2, 0.25) is 5.95 Å². The van der Waals surface area contributed by atoms with Gasteiger partial charge in [0.05, 0.1) is 6.61 Å². The van der Waals surface area contributed by atoms with Crippen molar-refractivity contribution in [3.63, 3.8) is 0 Å². The van der Waals surface area contributed by atoms with E-state index in [1.807, 2.05) is 0 Å². The fourth-order valence-electron chi connectivity index (χ4n) is 3.60. The lowest BCUT2D eigenvalue weighted by Crippen LogP contribution is -2.35. The second kappa shape index (κ2) is 7.51. The molecule has 2 aliphatic rings. The van der Waals surface area contributed by atoms with E-state index in [0.717, 1.165) is 38.0 Å². The first-order chi connectivity index (χ1) is 13.5. The molecule has 2 N–H and O–H groups in total.